The van der Waals surface area contributed by atoms with Gasteiger partial charge in [0.25, 0.3) is 0 Å². The van der Waals surface area contributed by atoms with Crippen LogP contribution in [0.15, 0.2) is 29.2 Å². The van der Waals surface area contributed by atoms with Crippen LogP contribution in [0.1, 0.15) is 44.1 Å². The minimum absolute atomic E-state index is 0.0828. The summed E-state index contributed by atoms with van der Waals surface area (Å²) >= 11 is 0. The van der Waals surface area contributed by atoms with E-state index in [4.69, 9.17) is 11.1 Å². The molecule has 21 heavy (non-hydrogen) atoms. The molecule has 4 N–H and O–H groups in total. The number of nitrogens with one attached hydrogen (secondary N) is 2. The Hall–Kier alpha value is -1.40. The molecule has 1 saturated carbocycles. The van der Waals surface area contributed by atoms with Crippen LogP contribution in [-0.4, -0.2) is 19.8 Å². The molecular weight excluding hydrogens is 286 g/mol. The second kappa shape index (κ2) is 6.15. The molecule has 0 spiro atoms. The van der Waals surface area contributed by atoms with E-state index < -0.39 is 15.6 Å². The van der Waals surface area contributed by atoms with Gasteiger partial charge in [-0.2, -0.15) is 4.72 Å². The smallest absolute Gasteiger partial charge is 0.241 e. The minimum Gasteiger partial charge on any atom is -0.386 e. The Morgan fingerprint density at radius 1 is 1.24 bits per heavy atom. The molecule has 0 saturated heterocycles. The van der Waals surface area contributed by atoms with E-state index in [1.54, 1.807) is 18.2 Å². The van der Waals surface area contributed by atoms with E-state index >= 15 is 0 Å². The Labute approximate surface area is 126 Å². The molecule has 0 heterocycles. The molecule has 116 valence electrons. The van der Waals surface area contributed by atoms with Gasteiger partial charge < -0.3 is 5.73 Å². The van der Waals surface area contributed by atoms with Crippen LogP contribution < -0.4 is 10.5 Å². The van der Waals surface area contributed by atoms with Crippen LogP contribution >= 0.6 is 0 Å². The fourth-order valence-corrected chi connectivity index (χ4v) is 4.40. The first-order valence-electron chi connectivity index (χ1n) is 7.31. The minimum atomic E-state index is -3.67. The number of hydrogen-bond acceptors (Lipinski definition) is 3. The highest BCUT2D eigenvalue weighted by Crippen LogP contribution is 2.29. The van der Waals surface area contributed by atoms with E-state index in [2.05, 4.69) is 4.72 Å². The number of amidine groups is 1. The van der Waals surface area contributed by atoms with Crippen LogP contribution in [0.3, 0.4) is 0 Å². The Bertz CT molecular complexity index is 618. The highest BCUT2D eigenvalue weighted by Gasteiger charge is 2.38. The molecule has 1 aromatic rings. The average Bonchev–Trinajstić information content (AvgIpc) is 2.65. The van der Waals surface area contributed by atoms with Gasteiger partial charge in [-0.3, -0.25) is 5.41 Å². The van der Waals surface area contributed by atoms with Gasteiger partial charge in [0.15, 0.2) is 0 Å². The van der Waals surface area contributed by atoms with Gasteiger partial charge in [-0.1, -0.05) is 37.8 Å². The van der Waals surface area contributed by atoms with E-state index in [1.165, 1.54) is 0 Å². The molecule has 1 fully saturated rings. The highest BCUT2D eigenvalue weighted by atomic mass is 32.2. The fourth-order valence-electron chi connectivity index (χ4n) is 2.86. The zero-order chi connectivity index (χ0) is 15.5. The molecule has 0 unspecified atom stereocenters. The van der Waals surface area contributed by atoms with E-state index in [0.29, 0.717) is 12.8 Å². The molecule has 0 atom stereocenters. The molecule has 6 heteroatoms. The van der Waals surface area contributed by atoms with Crippen LogP contribution in [0.5, 0.6) is 0 Å². The Morgan fingerprint density at radius 3 is 2.38 bits per heavy atom. The van der Waals surface area contributed by atoms with Crippen molar-refractivity contribution in [2.45, 2.75) is 55.9 Å². The monoisotopic (exact) mass is 309 g/mol. The van der Waals surface area contributed by atoms with Crippen molar-refractivity contribution in [2.75, 3.05) is 0 Å². The van der Waals surface area contributed by atoms with E-state index in [1.807, 2.05) is 13.0 Å². The van der Waals surface area contributed by atoms with Crippen LogP contribution in [0.25, 0.3) is 0 Å². The fraction of sp³-hybridized carbons (Fsp3) is 0.533. The third-order valence-electron chi connectivity index (χ3n) is 4.10. The molecule has 0 aromatic heterocycles. The summed E-state index contributed by atoms with van der Waals surface area (Å²) < 4.78 is 27.9. The summed E-state index contributed by atoms with van der Waals surface area (Å²) in [4.78, 5) is 0.229. The van der Waals surface area contributed by atoms with Gasteiger partial charge in [-0.15, -0.1) is 0 Å². The van der Waals surface area contributed by atoms with Gasteiger partial charge in [0.2, 0.25) is 10.0 Å². The zero-order valence-electron chi connectivity index (χ0n) is 12.4. The number of aryl methyl sites for hydroxylation is 1. The Balaban J connectivity index is 2.33. The molecule has 1 aliphatic carbocycles. The molecule has 0 radical (unpaired) electrons. The molecule has 0 bridgehead atoms. The molecule has 0 amide bonds. The third kappa shape index (κ3) is 3.63. The molecule has 2 rings (SSSR count). The number of benzene rings is 1. The molecule has 0 aliphatic heterocycles. The lowest BCUT2D eigenvalue weighted by Crippen LogP contribution is -2.56. The Kier molecular flexibility index (Phi) is 4.68. The maximum Gasteiger partial charge on any atom is 0.241 e. The van der Waals surface area contributed by atoms with Crippen LogP contribution in [0.4, 0.5) is 0 Å². The first kappa shape index (κ1) is 16.0. The highest BCUT2D eigenvalue weighted by molar-refractivity contribution is 7.89. The van der Waals surface area contributed by atoms with Crippen molar-refractivity contribution in [2.24, 2.45) is 5.73 Å². The largest absolute Gasteiger partial charge is 0.386 e. The van der Waals surface area contributed by atoms with Crippen molar-refractivity contribution in [3.8, 4) is 0 Å². The summed E-state index contributed by atoms with van der Waals surface area (Å²) in [5.74, 6) is -0.0828. The third-order valence-corrected chi connectivity index (χ3v) is 5.64. The summed E-state index contributed by atoms with van der Waals surface area (Å²) in [5, 5.41) is 7.87. The lowest BCUT2D eigenvalue weighted by atomic mass is 9.90. The predicted octanol–water partition coefficient (Wildman–Crippen LogP) is 2.30. The van der Waals surface area contributed by atoms with Crippen LogP contribution in [0, 0.1) is 12.3 Å². The van der Waals surface area contributed by atoms with Crippen LogP contribution in [-0.2, 0) is 10.0 Å². The quantitative estimate of drug-likeness (QED) is 0.452. The van der Waals surface area contributed by atoms with Crippen molar-refractivity contribution in [1.29, 1.82) is 5.41 Å². The number of hydrogen-bond donors (Lipinski definition) is 3. The van der Waals surface area contributed by atoms with Gasteiger partial charge in [0, 0.05) is 0 Å². The normalized spacial score (nSPS) is 18.9. The lowest BCUT2D eigenvalue weighted by molar-refractivity contribution is 0.434. The first-order chi connectivity index (χ1) is 9.86. The molecule has 1 aliphatic rings. The lowest BCUT2D eigenvalue weighted by Gasteiger charge is -2.32. The topological polar surface area (TPSA) is 96.0 Å². The van der Waals surface area contributed by atoms with Crippen molar-refractivity contribution in [3.63, 3.8) is 0 Å². The van der Waals surface area contributed by atoms with Gasteiger partial charge >= 0.3 is 0 Å². The molecule has 5 nitrogen and oxygen atoms in total. The molecule has 1 aromatic carbocycles. The van der Waals surface area contributed by atoms with Crippen molar-refractivity contribution in [3.05, 3.63) is 29.8 Å². The van der Waals surface area contributed by atoms with Gasteiger partial charge in [0.1, 0.15) is 5.84 Å². The van der Waals surface area contributed by atoms with E-state index in [-0.39, 0.29) is 10.7 Å². The second-order valence-electron chi connectivity index (χ2n) is 5.83. The summed E-state index contributed by atoms with van der Waals surface area (Å²) in [6.45, 7) is 1.85. The van der Waals surface area contributed by atoms with Crippen molar-refractivity contribution in [1.82, 2.24) is 4.72 Å². The summed E-state index contributed by atoms with van der Waals surface area (Å²) in [6, 6.07) is 6.77. The van der Waals surface area contributed by atoms with E-state index in [9.17, 15) is 8.42 Å². The summed E-state index contributed by atoms with van der Waals surface area (Å²) in [7, 11) is -3.67. The first-order valence-corrected chi connectivity index (χ1v) is 8.79. The predicted molar refractivity (Wildman–Crippen MR) is 83.8 cm³/mol. The summed E-state index contributed by atoms with van der Waals surface area (Å²) in [5.41, 5.74) is 5.70. The standard InChI is InChI=1S/C15H23N3O2S/c1-12-7-6-8-13(11-12)21(19,20)18-15(14(16)17)9-4-2-3-5-10-15/h6-8,11,18H,2-5,9-10H2,1H3,(H3,16,17). The number of rotatable bonds is 4. The summed E-state index contributed by atoms with van der Waals surface area (Å²) in [6.07, 6.45) is 5.06. The zero-order valence-corrected chi connectivity index (χ0v) is 13.2. The second-order valence-corrected chi connectivity index (χ2v) is 7.51. The van der Waals surface area contributed by atoms with Crippen LogP contribution in [0.2, 0.25) is 0 Å². The number of sulfonamides is 1. The van der Waals surface area contributed by atoms with Gasteiger partial charge in [-0.05, 0) is 37.5 Å². The van der Waals surface area contributed by atoms with Crippen molar-refractivity contribution >= 4 is 15.9 Å². The maximum absolute atomic E-state index is 12.6. The maximum atomic E-state index is 12.6. The molecular formula is C15H23N3O2S. The number of nitrogens with two attached hydrogens (primary N) is 1. The Morgan fingerprint density at radius 2 is 1.86 bits per heavy atom. The van der Waals surface area contributed by atoms with Crippen molar-refractivity contribution < 1.29 is 8.42 Å². The SMILES string of the molecule is Cc1cccc(S(=O)(=O)NC2(C(=N)N)CCCCCC2)c1. The van der Waals surface area contributed by atoms with Gasteiger partial charge in [-0.25, -0.2) is 8.42 Å². The average molecular weight is 309 g/mol. The van der Waals surface area contributed by atoms with Gasteiger partial charge in [0.05, 0.1) is 10.4 Å². The van der Waals surface area contributed by atoms with E-state index in [0.717, 1.165) is 31.2 Å².